The third-order valence-corrected chi connectivity index (χ3v) is 5.80. The fourth-order valence-electron chi connectivity index (χ4n) is 3.75. The van der Waals surface area contributed by atoms with Gasteiger partial charge >= 0.3 is 0 Å². The van der Waals surface area contributed by atoms with Crippen LogP contribution in [0.3, 0.4) is 0 Å². The van der Waals surface area contributed by atoms with Crippen LogP contribution in [0.4, 0.5) is 0 Å². The fraction of sp³-hybridized carbons (Fsp3) is 0.778. The molecule has 4 nitrogen and oxygen atoms in total. The normalized spacial score (nSPS) is 28.0. The van der Waals surface area contributed by atoms with Gasteiger partial charge in [0.2, 0.25) is 0 Å². The number of carbonyl (C=O) groups is 1. The van der Waals surface area contributed by atoms with E-state index in [4.69, 9.17) is 0 Å². The Morgan fingerprint density at radius 2 is 2.04 bits per heavy atom. The summed E-state index contributed by atoms with van der Waals surface area (Å²) in [6, 6.07) is 2.39. The smallest absolute Gasteiger partial charge is 0.261 e. The van der Waals surface area contributed by atoms with Gasteiger partial charge in [-0.3, -0.25) is 10.1 Å². The van der Waals surface area contributed by atoms with E-state index in [-0.39, 0.29) is 28.5 Å². The number of halogens is 1. The van der Waals surface area contributed by atoms with E-state index in [1.54, 1.807) is 6.08 Å². The maximum Gasteiger partial charge on any atom is 0.261 e. The maximum absolute atomic E-state index is 12.5. The summed E-state index contributed by atoms with van der Waals surface area (Å²) in [5.74, 6) is 0.362. The van der Waals surface area contributed by atoms with Crippen LogP contribution in [0.5, 0.6) is 0 Å². The molecule has 2 rings (SSSR count). The highest BCUT2D eigenvalue weighted by Crippen LogP contribution is 2.28. The monoisotopic (exact) mass is 381 g/mol. The third-order valence-electron chi connectivity index (χ3n) is 5.08. The molecule has 0 spiro atoms. The molecule has 0 bridgehead atoms. The van der Waals surface area contributed by atoms with E-state index in [1.807, 2.05) is 0 Å². The first-order valence-corrected chi connectivity index (χ1v) is 9.88. The summed E-state index contributed by atoms with van der Waals surface area (Å²) in [7, 11) is 0. The van der Waals surface area contributed by atoms with Gasteiger partial charge in [0.05, 0.1) is 4.95 Å². The van der Waals surface area contributed by atoms with E-state index in [1.165, 1.54) is 32.1 Å². The second-order valence-corrected chi connectivity index (χ2v) is 7.86. The molecule has 1 aliphatic carbocycles. The summed E-state index contributed by atoms with van der Waals surface area (Å²) in [6.07, 6.45) is 12.1. The van der Waals surface area contributed by atoms with Crippen molar-refractivity contribution in [3.63, 3.8) is 0 Å². The van der Waals surface area contributed by atoms with Crippen LogP contribution in [0.25, 0.3) is 0 Å². The van der Waals surface area contributed by atoms with Crippen molar-refractivity contribution in [2.75, 3.05) is 0 Å². The van der Waals surface area contributed by atoms with E-state index in [0.717, 1.165) is 25.7 Å². The van der Waals surface area contributed by atoms with Crippen molar-refractivity contribution in [2.45, 2.75) is 81.7 Å². The minimum atomic E-state index is -0.205. The molecule has 1 saturated heterocycles. The summed E-state index contributed by atoms with van der Waals surface area (Å²) in [4.78, 5) is 12.8. The lowest BCUT2D eigenvalue weighted by Gasteiger charge is -2.30. The number of amides is 1. The van der Waals surface area contributed by atoms with Gasteiger partial charge in [0.15, 0.2) is 0 Å². The molecule has 0 aromatic rings. The molecule has 1 aliphatic heterocycles. The molecule has 0 aromatic heterocycles. The van der Waals surface area contributed by atoms with Crippen molar-refractivity contribution in [3.8, 4) is 6.07 Å². The zero-order chi connectivity index (χ0) is 16.7. The number of rotatable bonds is 5. The zero-order valence-corrected chi connectivity index (χ0v) is 15.6. The van der Waals surface area contributed by atoms with Gasteiger partial charge in [-0.1, -0.05) is 42.1 Å². The number of carbonyl (C=O) groups excluding carboxylic acids is 1. The molecule has 2 unspecified atom stereocenters. The highest BCUT2D eigenvalue weighted by molar-refractivity contribution is 9.09. The van der Waals surface area contributed by atoms with Gasteiger partial charge in [0, 0.05) is 12.1 Å². The first-order valence-electron chi connectivity index (χ1n) is 8.97. The van der Waals surface area contributed by atoms with Crippen LogP contribution < -0.4 is 10.6 Å². The van der Waals surface area contributed by atoms with Crippen LogP contribution >= 0.6 is 15.9 Å². The molecular weight excluding hydrogens is 354 g/mol. The summed E-state index contributed by atoms with van der Waals surface area (Å²) >= 11 is 3.56. The molecule has 1 heterocycles. The number of nitriles is 1. The lowest BCUT2D eigenvalue weighted by atomic mass is 9.83. The topological polar surface area (TPSA) is 64.9 Å². The van der Waals surface area contributed by atoms with Crippen LogP contribution in [0, 0.1) is 17.2 Å². The number of piperidine rings is 1. The van der Waals surface area contributed by atoms with E-state index < -0.39 is 0 Å². The quantitative estimate of drug-likeness (QED) is 0.329. The highest BCUT2D eigenvalue weighted by Gasteiger charge is 2.25. The Hall–Kier alpha value is -0.860. The molecule has 23 heavy (non-hydrogen) atoms. The van der Waals surface area contributed by atoms with Crippen molar-refractivity contribution >= 4 is 21.8 Å². The average Bonchev–Trinajstić information content (AvgIpc) is 2.58. The van der Waals surface area contributed by atoms with Gasteiger partial charge < -0.3 is 5.32 Å². The van der Waals surface area contributed by atoms with Gasteiger partial charge in [0.1, 0.15) is 11.6 Å². The Kier molecular flexibility index (Phi) is 7.58. The molecular formula is C18H28BrN3O. The largest absolute Gasteiger partial charge is 0.348 e. The van der Waals surface area contributed by atoms with Gasteiger partial charge in [-0.25, -0.2) is 0 Å². The molecule has 0 radical (unpaired) electrons. The molecule has 128 valence electrons. The van der Waals surface area contributed by atoms with E-state index in [9.17, 15) is 10.1 Å². The van der Waals surface area contributed by atoms with E-state index in [0.29, 0.717) is 5.92 Å². The zero-order valence-electron chi connectivity index (χ0n) is 14.0. The molecule has 1 saturated carbocycles. The average molecular weight is 382 g/mol. The number of hydrogen-bond acceptors (Lipinski definition) is 3. The number of nitrogens with one attached hydrogen (secondary N) is 2. The van der Waals surface area contributed by atoms with Crippen LogP contribution in [-0.2, 0) is 4.79 Å². The maximum atomic E-state index is 12.5. The number of nitrogens with zero attached hydrogens (tertiary/aromatic N) is 1. The summed E-state index contributed by atoms with van der Waals surface area (Å²) < 4.78 is 0. The molecule has 1 amide bonds. The Morgan fingerprint density at radius 1 is 1.30 bits per heavy atom. The lowest BCUT2D eigenvalue weighted by Crippen LogP contribution is -2.42. The minimum Gasteiger partial charge on any atom is -0.348 e. The van der Waals surface area contributed by atoms with Crippen LogP contribution in [0.15, 0.2) is 11.6 Å². The molecule has 2 N–H and O–H groups in total. The Labute approximate surface area is 148 Å². The summed E-state index contributed by atoms with van der Waals surface area (Å²) in [5, 5.41) is 15.9. The fourth-order valence-corrected chi connectivity index (χ4v) is 4.41. The summed E-state index contributed by atoms with van der Waals surface area (Å²) in [6.45, 7) is 2.12. The van der Waals surface area contributed by atoms with Crippen molar-refractivity contribution < 1.29 is 4.79 Å². The number of alkyl halides is 1. The van der Waals surface area contributed by atoms with Crippen LogP contribution in [0.1, 0.15) is 64.7 Å². The molecule has 0 aromatic carbocycles. The predicted molar refractivity (Wildman–Crippen MR) is 96.0 cm³/mol. The van der Waals surface area contributed by atoms with Gasteiger partial charge in [-0.2, -0.15) is 5.26 Å². The van der Waals surface area contributed by atoms with Crippen molar-refractivity contribution in [1.29, 1.82) is 5.26 Å². The Bertz CT molecular complexity index is 465. The van der Waals surface area contributed by atoms with Crippen molar-refractivity contribution in [3.05, 3.63) is 11.6 Å². The second kappa shape index (κ2) is 9.44. The molecule has 3 atom stereocenters. The molecule has 5 heteroatoms. The second-order valence-electron chi connectivity index (χ2n) is 6.75. The van der Waals surface area contributed by atoms with Crippen LogP contribution in [-0.4, -0.2) is 22.9 Å². The first-order chi connectivity index (χ1) is 11.1. The van der Waals surface area contributed by atoms with E-state index in [2.05, 4.69) is 39.6 Å². The Balaban J connectivity index is 1.96. The Morgan fingerprint density at radius 3 is 2.65 bits per heavy atom. The lowest BCUT2D eigenvalue weighted by molar-refractivity contribution is -0.118. The molecule has 2 aliphatic rings. The molecule has 2 fully saturated rings. The SMILES string of the molecule is CC[C@H](NC(=O)/C(C#N)=C/C1CCCC(Br)N1)C1CCCCC1. The third kappa shape index (κ3) is 5.61. The van der Waals surface area contributed by atoms with Crippen molar-refractivity contribution in [1.82, 2.24) is 10.6 Å². The van der Waals surface area contributed by atoms with Gasteiger partial charge in [-0.15, -0.1) is 0 Å². The van der Waals surface area contributed by atoms with Gasteiger partial charge in [0.25, 0.3) is 5.91 Å². The van der Waals surface area contributed by atoms with E-state index >= 15 is 0 Å². The van der Waals surface area contributed by atoms with Crippen LogP contribution in [0.2, 0.25) is 0 Å². The van der Waals surface area contributed by atoms with Crippen molar-refractivity contribution in [2.24, 2.45) is 5.92 Å². The predicted octanol–water partition coefficient (Wildman–Crippen LogP) is 3.77. The minimum absolute atomic E-state index is 0.100. The first kappa shape index (κ1) is 18.5. The standard InChI is InChI=1S/C18H28BrN3O/c1-2-16(13-7-4-3-5-8-13)22-18(23)14(12-20)11-15-9-6-10-17(19)21-15/h11,13,15-17,21H,2-10H2,1H3,(H,22,23)/b14-11+/t15?,16-,17?/m0/s1. The highest BCUT2D eigenvalue weighted by atomic mass is 79.9. The van der Waals surface area contributed by atoms with Gasteiger partial charge in [-0.05, 0) is 50.5 Å². The summed E-state index contributed by atoms with van der Waals surface area (Å²) in [5.41, 5.74) is 0.248. The number of hydrogen-bond donors (Lipinski definition) is 2.